The number of hydrogen-bond acceptors (Lipinski definition) is 5. The van der Waals surface area contributed by atoms with Crippen LogP contribution in [0.2, 0.25) is 0 Å². The van der Waals surface area contributed by atoms with E-state index in [9.17, 15) is 14.9 Å². The minimum absolute atomic E-state index is 0.169. The molecule has 26 heavy (non-hydrogen) atoms. The van der Waals surface area contributed by atoms with E-state index in [0.717, 1.165) is 17.7 Å². The number of nitrogens with one attached hydrogen (secondary N) is 1. The van der Waals surface area contributed by atoms with Gasteiger partial charge in [-0.3, -0.25) is 14.9 Å². The van der Waals surface area contributed by atoms with Crippen LogP contribution in [0, 0.1) is 10.1 Å². The Hall–Kier alpha value is -2.54. The number of rotatable bonds is 6. The Labute approximate surface area is 156 Å². The van der Waals surface area contributed by atoms with E-state index in [0.29, 0.717) is 5.75 Å². The molecule has 1 aliphatic carbocycles. The molecular weight excluding hydrogens is 352 g/mol. The molecule has 1 atom stereocenters. The van der Waals surface area contributed by atoms with Crippen LogP contribution >= 0.6 is 11.8 Å². The predicted octanol–water partition coefficient (Wildman–Crippen LogP) is 4.21. The Morgan fingerprint density at radius 2 is 2.00 bits per heavy atom. The van der Waals surface area contributed by atoms with E-state index < -0.39 is 4.92 Å². The van der Waals surface area contributed by atoms with Gasteiger partial charge in [0.15, 0.2) is 0 Å². The fourth-order valence-corrected chi connectivity index (χ4v) is 3.94. The third-order valence-corrected chi connectivity index (χ3v) is 5.51. The Morgan fingerprint density at radius 1 is 1.23 bits per heavy atom. The number of carbonyl (C=O) groups is 1. The molecule has 2 aromatic carbocycles. The summed E-state index contributed by atoms with van der Waals surface area (Å²) in [6, 6.07) is 10.7. The van der Waals surface area contributed by atoms with Gasteiger partial charge in [-0.05, 0) is 61.6 Å². The van der Waals surface area contributed by atoms with E-state index in [4.69, 9.17) is 4.74 Å². The molecule has 1 amide bonds. The number of nitro groups is 1. The fourth-order valence-electron chi connectivity index (χ4n) is 3.01. The first-order valence-electron chi connectivity index (χ1n) is 8.39. The lowest BCUT2D eigenvalue weighted by molar-refractivity contribution is -0.384. The summed E-state index contributed by atoms with van der Waals surface area (Å²) < 4.78 is 5.01. The summed E-state index contributed by atoms with van der Waals surface area (Å²) in [6.07, 6.45) is 3.39. The minimum atomic E-state index is -0.531. The summed E-state index contributed by atoms with van der Waals surface area (Å²) in [4.78, 5) is 24.2. The molecule has 0 spiro atoms. The Kier molecular flexibility index (Phi) is 5.46. The molecule has 0 bridgehead atoms. The van der Waals surface area contributed by atoms with E-state index in [1.54, 1.807) is 13.0 Å². The molecule has 7 heteroatoms. The normalized spacial score (nSPS) is 13.8. The maximum Gasteiger partial charge on any atom is 0.296 e. The Balaban J connectivity index is 1.70. The largest absolute Gasteiger partial charge is 0.496 e. The molecule has 2 aromatic rings. The van der Waals surface area contributed by atoms with Crippen LogP contribution in [-0.2, 0) is 17.6 Å². The predicted molar refractivity (Wildman–Crippen MR) is 102 cm³/mol. The van der Waals surface area contributed by atoms with Gasteiger partial charge in [0.05, 0.1) is 23.3 Å². The van der Waals surface area contributed by atoms with Gasteiger partial charge < -0.3 is 10.1 Å². The maximum atomic E-state index is 12.5. The molecule has 0 unspecified atom stereocenters. The van der Waals surface area contributed by atoms with Crippen LogP contribution in [0.25, 0.3) is 0 Å². The lowest BCUT2D eigenvalue weighted by Gasteiger charge is -2.13. The van der Waals surface area contributed by atoms with E-state index in [1.165, 1.54) is 48.6 Å². The third kappa shape index (κ3) is 3.99. The maximum absolute atomic E-state index is 12.5. The van der Waals surface area contributed by atoms with Crippen LogP contribution in [-0.4, -0.2) is 23.2 Å². The average Bonchev–Trinajstić information content (AvgIpc) is 3.09. The van der Waals surface area contributed by atoms with Crippen LogP contribution < -0.4 is 10.1 Å². The van der Waals surface area contributed by atoms with E-state index in [2.05, 4.69) is 17.4 Å². The van der Waals surface area contributed by atoms with Crippen LogP contribution in [0.3, 0.4) is 0 Å². The lowest BCUT2D eigenvalue weighted by Crippen LogP contribution is -2.22. The van der Waals surface area contributed by atoms with Gasteiger partial charge in [-0.1, -0.05) is 6.07 Å². The average molecular weight is 372 g/mol. The van der Waals surface area contributed by atoms with Crippen molar-refractivity contribution in [3.05, 3.63) is 57.6 Å². The van der Waals surface area contributed by atoms with Crippen LogP contribution in [0.5, 0.6) is 5.75 Å². The molecule has 136 valence electrons. The van der Waals surface area contributed by atoms with Gasteiger partial charge in [0.25, 0.3) is 5.69 Å². The number of carbonyl (C=O) groups excluding carboxylic acids is 1. The Bertz CT molecular complexity index is 853. The highest BCUT2D eigenvalue weighted by Gasteiger charge is 2.21. The van der Waals surface area contributed by atoms with E-state index >= 15 is 0 Å². The van der Waals surface area contributed by atoms with Gasteiger partial charge in [0, 0.05) is 4.90 Å². The van der Waals surface area contributed by atoms with Crippen LogP contribution in [0.4, 0.5) is 11.4 Å². The number of fused-ring (bicyclic) bond motifs is 1. The molecule has 6 nitrogen and oxygen atoms in total. The fraction of sp³-hybridized carbons (Fsp3) is 0.316. The molecule has 0 saturated carbocycles. The van der Waals surface area contributed by atoms with Crippen molar-refractivity contribution < 1.29 is 14.5 Å². The van der Waals surface area contributed by atoms with Crippen molar-refractivity contribution in [2.24, 2.45) is 0 Å². The van der Waals surface area contributed by atoms with Crippen molar-refractivity contribution in [1.29, 1.82) is 0 Å². The zero-order valence-electron chi connectivity index (χ0n) is 14.7. The SMILES string of the molecule is COc1ccc(NC(=O)[C@@H](C)Sc2ccc3c(c2)CCC3)c([N+](=O)[O-])c1. The second-order valence-electron chi connectivity index (χ2n) is 6.17. The molecule has 0 heterocycles. The number of nitro benzene ring substituents is 1. The molecule has 0 saturated heterocycles. The van der Waals surface area contributed by atoms with E-state index in [-0.39, 0.29) is 22.5 Å². The molecule has 0 aromatic heterocycles. The van der Waals surface area contributed by atoms with Crippen molar-refractivity contribution in [1.82, 2.24) is 0 Å². The van der Waals surface area contributed by atoms with Gasteiger partial charge >= 0.3 is 0 Å². The number of ether oxygens (including phenoxy) is 1. The van der Waals surface area contributed by atoms with Crippen molar-refractivity contribution in [3.8, 4) is 5.75 Å². The quantitative estimate of drug-likeness (QED) is 0.467. The summed E-state index contributed by atoms with van der Waals surface area (Å²) in [5.41, 5.74) is 2.73. The number of nitrogens with zero attached hydrogens (tertiary/aromatic N) is 1. The van der Waals surface area contributed by atoms with Crippen LogP contribution in [0.1, 0.15) is 24.5 Å². The van der Waals surface area contributed by atoms with Gasteiger partial charge in [-0.15, -0.1) is 11.8 Å². The highest BCUT2D eigenvalue weighted by atomic mass is 32.2. The number of benzene rings is 2. The van der Waals surface area contributed by atoms with Crippen molar-refractivity contribution in [3.63, 3.8) is 0 Å². The van der Waals surface area contributed by atoms with Crippen molar-refractivity contribution in [2.75, 3.05) is 12.4 Å². The zero-order chi connectivity index (χ0) is 18.7. The lowest BCUT2D eigenvalue weighted by atomic mass is 10.1. The highest BCUT2D eigenvalue weighted by molar-refractivity contribution is 8.00. The second kappa shape index (κ2) is 7.78. The molecule has 0 fully saturated rings. The number of thioether (sulfide) groups is 1. The van der Waals surface area contributed by atoms with Gasteiger partial charge in [-0.2, -0.15) is 0 Å². The number of hydrogen-bond donors (Lipinski definition) is 1. The van der Waals surface area contributed by atoms with Gasteiger partial charge in [0.1, 0.15) is 11.4 Å². The summed E-state index contributed by atoms with van der Waals surface area (Å²) in [5, 5.41) is 13.5. The van der Waals surface area contributed by atoms with Crippen molar-refractivity contribution in [2.45, 2.75) is 36.3 Å². The number of methoxy groups -OCH3 is 1. The van der Waals surface area contributed by atoms with Gasteiger partial charge in [-0.25, -0.2) is 0 Å². The molecular formula is C19H20N2O4S. The molecule has 1 N–H and O–H groups in total. The van der Waals surface area contributed by atoms with Crippen LogP contribution in [0.15, 0.2) is 41.3 Å². The zero-order valence-corrected chi connectivity index (χ0v) is 15.5. The van der Waals surface area contributed by atoms with E-state index in [1.807, 2.05) is 6.07 Å². The molecule has 0 aliphatic heterocycles. The molecule has 3 rings (SSSR count). The summed E-state index contributed by atoms with van der Waals surface area (Å²) in [7, 11) is 1.44. The smallest absolute Gasteiger partial charge is 0.296 e. The first-order chi connectivity index (χ1) is 12.5. The van der Waals surface area contributed by atoms with Crippen molar-refractivity contribution >= 4 is 29.0 Å². The first-order valence-corrected chi connectivity index (χ1v) is 9.27. The Morgan fingerprint density at radius 3 is 2.73 bits per heavy atom. The monoisotopic (exact) mass is 372 g/mol. The minimum Gasteiger partial charge on any atom is -0.496 e. The number of amides is 1. The topological polar surface area (TPSA) is 81.5 Å². The molecule has 1 aliphatic rings. The number of anilines is 1. The first kappa shape index (κ1) is 18.3. The summed E-state index contributed by atoms with van der Waals surface area (Å²) >= 11 is 1.45. The third-order valence-electron chi connectivity index (χ3n) is 4.41. The van der Waals surface area contributed by atoms with Gasteiger partial charge in [0.2, 0.25) is 5.91 Å². The second-order valence-corrected chi connectivity index (χ2v) is 7.59. The summed E-state index contributed by atoms with van der Waals surface area (Å²) in [6.45, 7) is 1.79. The standard InChI is InChI=1S/C19H20N2O4S/c1-12(26-16-8-6-13-4-3-5-14(13)10-16)19(22)20-17-9-7-15(25-2)11-18(17)21(23)24/h6-12H,3-5H2,1-2H3,(H,20,22)/t12-/m1/s1. The summed E-state index contributed by atoms with van der Waals surface area (Å²) in [5.74, 6) is 0.0963. The molecule has 0 radical (unpaired) electrons. The number of aryl methyl sites for hydroxylation is 2. The highest BCUT2D eigenvalue weighted by Crippen LogP contribution is 2.32.